The molecule has 0 aliphatic carbocycles. The van der Waals surface area contributed by atoms with Crippen LogP contribution in [0.1, 0.15) is 19.4 Å². The fourth-order valence-corrected chi connectivity index (χ4v) is 4.77. The van der Waals surface area contributed by atoms with Crippen LogP contribution in [-0.4, -0.2) is 15.1 Å². The molecule has 1 aliphatic rings. The first kappa shape index (κ1) is 11.2. The lowest BCUT2D eigenvalue weighted by Gasteiger charge is -2.16. The van der Waals surface area contributed by atoms with Crippen LogP contribution in [0.3, 0.4) is 0 Å². The maximum atomic E-state index is 2.33. The van der Waals surface area contributed by atoms with Crippen LogP contribution in [0.15, 0.2) is 36.4 Å². The quantitative estimate of drug-likeness (QED) is 0.751. The topological polar surface area (TPSA) is 0 Å². The average Bonchev–Trinajstić information content (AvgIpc) is 2.58. The Labute approximate surface area is 101 Å². The third-order valence-corrected chi connectivity index (χ3v) is 5.82. The smallest absolute Gasteiger partial charge is 0.0769 e. The number of rotatable bonds is 2. The summed E-state index contributed by atoms with van der Waals surface area (Å²) in [6.45, 7) is 4.62. The van der Waals surface area contributed by atoms with Gasteiger partial charge >= 0.3 is 0 Å². The lowest BCUT2D eigenvalue weighted by Crippen LogP contribution is -2.06. The minimum atomic E-state index is 0.273. The standard InChI is InChI=1S/C13H16S2/c1-11-10-14-13(2,15-11)9-8-12-6-4-3-5-7-12/h3-9,11H,10H2,1-2H3/b9-8+. The van der Waals surface area contributed by atoms with Gasteiger partial charge in [0.05, 0.1) is 4.08 Å². The molecule has 80 valence electrons. The van der Waals surface area contributed by atoms with Gasteiger partial charge in [-0.25, -0.2) is 0 Å². The maximum absolute atomic E-state index is 2.33. The third kappa shape index (κ3) is 3.05. The number of hydrogen-bond donors (Lipinski definition) is 0. The number of benzene rings is 1. The molecule has 2 heteroatoms. The van der Waals surface area contributed by atoms with Crippen molar-refractivity contribution in [2.75, 3.05) is 5.75 Å². The second-order valence-corrected chi connectivity index (χ2v) is 7.62. The Bertz CT molecular complexity index is 345. The summed E-state index contributed by atoms with van der Waals surface area (Å²) in [4.78, 5) is 0. The highest BCUT2D eigenvalue weighted by molar-refractivity contribution is 8.21. The highest BCUT2D eigenvalue weighted by Crippen LogP contribution is 2.48. The molecule has 1 aliphatic heterocycles. The Hall–Kier alpha value is -0.340. The van der Waals surface area contributed by atoms with Crippen molar-refractivity contribution >= 4 is 29.6 Å². The summed E-state index contributed by atoms with van der Waals surface area (Å²) in [5.41, 5.74) is 1.29. The van der Waals surface area contributed by atoms with Gasteiger partial charge < -0.3 is 0 Å². The largest absolute Gasteiger partial charge is 0.139 e. The Morgan fingerprint density at radius 1 is 1.33 bits per heavy atom. The molecule has 2 rings (SSSR count). The van der Waals surface area contributed by atoms with Crippen LogP contribution in [0, 0.1) is 0 Å². The van der Waals surface area contributed by atoms with E-state index in [4.69, 9.17) is 0 Å². The van der Waals surface area contributed by atoms with E-state index in [9.17, 15) is 0 Å². The predicted octanol–water partition coefficient (Wildman–Crippen LogP) is 4.28. The highest BCUT2D eigenvalue weighted by atomic mass is 32.2. The van der Waals surface area contributed by atoms with E-state index in [1.165, 1.54) is 11.3 Å². The minimum absolute atomic E-state index is 0.273. The number of thioether (sulfide) groups is 2. The van der Waals surface area contributed by atoms with E-state index in [2.05, 4.69) is 68.1 Å². The number of hydrogen-bond acceptors (Lipinski definition) is 2. The van der Waals surface area contributed by atoms with Crippen LogP contribution in [0.25, 0.3) is 6.08 Å². The minimum Gasteiger partial charge on any atom is -0.139 e. The molecule has 1 fully saturated rings. The Morgan fingerprint density at radius 3 is 2.67 bits per heavy atom. The molecule has 0 nitrogen and oxygen atoms in total. The van der Waals surface area contributed by atoms with Gasteiger partial charge in [0, 0.05) is 11.0 Å². The second-order valence-electron chi connectivity index (χ2n) is 4.00. The van der Waals surface area contributed by atoms with Crippen molar-refractivity contribution in [3.8, 4) is 0 Å². The van der Waals surface area contributed by atoms with E-state index >= 15 is 0 Å². The van der Waals surface area contributed by atoms with Crippen LogP contribution in [0.2, 0.25) is 0 Å². The van der Waals surface area contributed by atoms with Crippen LogP contribution >= 0.6 is 23.5 Å². The molecule has 2 unspecified atom stereocenters. The van der Waals surface area contributed by atoms with E-state index < -0.39 is 0 Å². The molecule has 2 atom stereocenters. The molecule has 0 saturated carbocycles. The van der Waals surface area contributed by atoms with Gasteiger partial charge in [0.1, 0.15) is 0 Å². The molecule has 1 aromatic rings. The molecule has 0 aromatic heterocycles. The summed E-state index contributed by atoms with van der Waals surface area (Å²) in [5, 5.41) is 0.778. The van der Waals surface area contributed by atoms with Crippen LogP contribution in [0.5, 0.6) is 0 Å². The van der Waals surface area contributed by atoms with Crippen LogP contribution in [-0.2, 0) is 0 Å². The molecule has 0 radical (unpaired) electrons. The average molecular weight is 236 g/mol. The van der Waals surface area contributed by atoms with Crippen molar-refractivity contribution in [2.24, 2.45) is 0 Å². The van der Waals surface area contributed by atoms with Crippen molar-refractivity contribution in [1.29, 1.82) is 0 Å². The molecule has 0 N–H and O–H groups in total. The zero-order valence-electron chi connectivity index (χ0n) is 9.14. The summed E-state index contributed by atoms with van der Waals surface area (Å²) >= 11 is 4.11. The van der Waals surface area contributed by atoms with Gasteiger partial charge in [0.2, 0.25) is 0 Å². The lowest BCUT2D eigenvalue weighted by atomic mass is 10.2. The van der Waals surface area contributed by atoms with E-state index in [0.29, 0.717) is 0 Å². The van der Waals surface area contributed by atoms with Crippen molar-refractivity contribution in [3.63, 3.8) is 0 Å². The van der Waals surface area contributed by atoms with Crippen molar-refractivity contribution in [2.45, 2.75) is 23.2 Å². The summed E-state index contributed by atoms with van der Waals surface area (Å²) in [6.07, 6.45) is 4.57. The predicted molar refractivity (Wildman–Crippen MR) is 73.4 cm³/mol. The fraction of sp³-hybridized carbons (Fsp3) is 0.385. The molecule has 1 aromatic carbocycles. The van der Waals surface area contributed by atoms with Gasteiger partial charge in [-0.2, -0.15) is 0 Å². The van der Waals surface area contributed by atoms with E-state index in [0.717, 1.165) is 5.25 Å². The van der Waals surface area contributed by atoms with Crippen molar-refractivity contribution < 1.29 is 0 Å². The summed E-state index contributed by atoms with van der Waals surface area (Å²) in [7, 11) is 0. The monoisotopic (exact) mass is 236 g/mol. The molecule has 1 saturated heterocycles. The molecule has 1 heterocycles. The van der Waals surface area contributed by atoms with Crippen molar-refractivity contribution in [3.05, 3.63) is 42.0 Å². The Balaban J connectivity index is 2.06. The maximum Gasteiger partial charge on any atom is 0.0769 e. The van der Waals surface area contributed by atoms with E-state index in [1.807, 2.05) is 11.8 Å². The Kier molecular flexibility index (Phi) is 3.47. The fourth-order valence-electron chi connectivity index (χ4n) is 1.65. The van der Waals surface area contributed by atoms with Crippen LogP contribution < -0.4 is 0 Å². The Morgan fingerprint density at radius 2 is 2.07 bits per heavy atom. The zero-order valence-corrected chi connectivity index (χ0v) is 10.8. The van der Waals surface area contributed by atoms with E-state index in [1.54, 1.807) is 0 Å². The van der Waals surface area contributed by atoms with E-state index in [-0.39, 0.29) is 4.08 Å². The first-order chi connectivity index (χ1) is 7.18. The second kappa shape index (κ2) is 4.67. The summed E-state index contributed by atoms with van der Waals surface area (Å²) < 4.78 is 0.273. The third-order valence-electron chi connectivity index (χ3n) is 2.42. The van der Waals surface area contributed by atoms with Crippen molar-refractivity contribution in [1.82, 2.24) is 0 Å². The first-order valence-electron chi connectivity index (χ1n) is 5.24. The zero-order chi connectivity index (χ0) is 10.7. The van der Waals surface area contributed by atoms with Gasteiger partial charge in [-0.3, -0.25) is 0 Å². The van der Waals surface area contributed by atoms with Gasteiger partial charge in [0.15, 0.2) is 0 Å². The highest BCUT2D eigenvalue weighted by Gasteiger charge is 2.31. The molecule has 0 bridgehead atoms. The normalized spacial score (nSPS) is 31.2. The lowest BCUT2D eigenvalue weighted by molar-refractivity contribution is 1.13. The molecular formula is C13H16S2. The first-order valence-corrected chi connectivity index (χ1v) is 7.10. The van der Waals surface area contributed by atoms with Gasteiger partial charge in [-0.15, -0.1) is 23.5 Å². The van der Waals surface area contributed by atoms with Crippen LogP contribution in [0.4, 0.5) is 0 Å². The molecule has 0 amide bonds. The van der Waals surface area contributed by atoms with Gasteiger partial charge in [0.25, 0.3) is 0 Å². The molecule has 0 spiro atoms. The summed E-state index contributed by atoms with van der Waals surface area (Å²) in [5.74, 6) is 1.26. The SMILES string of the molecule is CC1CSC(C)(/C=C/c2ccccc2)S1. The molecule has 15 heavy (non-hydrogen) atoms. The van der Waals surface area contributed by atoms with Gasteiger partial charge in [-0.05, 0) is 12.5 Å². The van der Waals surface area contributed by atoms with Gasteiger partial charge in [-0.1, -0.05) is 49.4 Å². The molecular weight excluding hydrogens is 220 g/mol. The summed E-state index contributed by atoms with van der Waals surface area (Å²) in [6, 6.07) is 10.5.